The number of benzene rings is 2. The van der Waals surface area contributed by atoms with Crippen LogP contribution < -0.4 is 10.1 Å². The summed E-state index contributed by atoms with van der Waals surface area (Å²) in [4.78, 5) is 27.2. The Labute approximate surface area is 184 Å². The number of likely N-dealkylation sites (N-methyl/N-ethyl adjacent to an activating group) is 1. The minimum absolute atomic E-state index is 0.120. The molecule has 2 amide bonds. The predicted octanol–water partition coefficient (Wildman–Crippen LogP) is 4.57. The number of carbonyl (C=O) groups excluding carboxylic acids is 2. The molecule has 6 heteroatoms. The van der Waals surface area contributed by atoms with Gasteiger partial charge in [0.15, 0.2) is 6.61 Å². The molecule has 0 heterocycles. The van der Waals surface area contributed by atoms with Gasteiger partial charge in [-0.2, -0.15) is 0 Å². The van der Waals surface area contributed by atoms with E-state index in [1.54, 1.807) is 18.0 Å². The first-order valence-corrected chi connectivity index (χ1v) is 10.5. The smallest absolute Gasteiger partial charge is 0.261 e. The number of ether oxygens (including phenoxy) is 1. The average molecular weight is 431 g/mol. The molecule has 2 aromatic rings. The molecule has 2 rings (SSSR count). The van der Waals surface area contributed by atoms with E-state index in [9.17, 15) is 9.59 Å². The second-order valence-corrected chi connectivity index (χ2v) is 8.59. The van der Waals surface area contributed by atoms with Gasteiger partial charge in [-0.3, -0.25) is 9.59 Å². The number of nitrogens with one attached hydrogen (secondary N) is 1. The Balaban J connectivity index is 2.27. The van der Waals surface area contributed by atoms with Crippen molar-refractivity contribution in [3.8, 4) is 5.75 Å². The van der Waals surface area contributed by atoms with Gasteiger partial charge in [0, 0.05) is 18.6 Å². The standard InChI is InChI=1S/C24H31ClN2O3/c1-6-20(23(29)26-5)27(15-17-11-7-9-13-19(17)25)22(28)16-30-21-14-10-8-12-18(21)24(2,3)4/h7-14,20H,6,15-16H2,1-5H3,(H,26,29)/t20-/m0/s1. The summed E-state index contributed by atoms with van der Waals surface area (Å²) < 4.78 is 5.93. The average Bonchev–Trinajstić information content (AvgIpc) is 2.72. The fourth-order valence-corrected chi connectivity index (χ4v) is 3.53. The van der Waals surface area contributed by atoms with Crippen LogP contribution in [0.15, 0.2) is 48.5 Å². The van der Waals surface area contributed by atoms with Gasteiger partial charge in [0.25, 0.3) is 5.91 Å². The molecular weight excluding hydrogens is 400 g/mol. The molecule has 30 heavy (non-hydrogen) atoms. The molecule has 0 aliphatic rings. The van der Waals surface area contributed by atoms with Crippen molar-refractivity contribution < 1.29 is 14.3 Å². The van der Waals surface area contributed by atoms with E-state index in [0.29, 0.717) is 17.2 Å². The highest BCUT2D eigenvalue weighted by atomic mass is 35.5. The monoisotopic (exact) mass is 430 g/mol. The van der Waals surface area contributed by atoms with Crippen LogP contribution in [0.2, 0.25) is 5.02 Å². The molecule has 0 aliphatic heterocycles. The fourth-order valence-electron chi connectivity index (χ4n) is 3.33. The zero-order valence-corrected chi connectivity index (χ0v) is 19.1. The Morgan fingerprint density at radius 1 is 1.10 bits per heavy atom. The highest BCUT2D eigenvalue weighted by Crippen LogP contribution is 2.31. The van der Waals surface area contributed by atoms with Gasteiger partial charge in [0.2, 0.25) is 5.91 Å². The largest absolute Gasteiger partial charge is 0.483 e. The second kappa shape index (κ2) is 10.5. The number of hydrogen-bond acceptors (Lipinski definition) is 3. The topological polar surface area (TPSA) is 58.6 Å². The van der Waals surface area contributed by atoms with Gasteiger partial charge in [0.1, 0.15) is 11.8 Å². The third kappa shape index (κ3) is 5.99. The summed E-state index contributed by atoms with van der Waals surface area (Å²) in [7, 11) is 1.57. The first-order chi connectivity index (χ1) is 14.2. The van der Waals surface area contributed by atoms with Gasteiger partial charge >= 0.3 is 0 Å². The normalized spacial score (nSPS) is 12.2. The van der Waals surface area contributed by atoms with Gasteiger partial charge in [-0.1, -0.05) is 75.7 Å². The number of halogens is 1. The van der Waals surface area contributed by atoms with Crippen molar-refractivity contribution in [2.24, 2.45) is 0 Å². The Hall–Kier alpha value is -2.53. The lowest BCUT2D eigenvalue weighted by Gasteiger charge is -2.31. The van der Waals surface area contributed by atoms with E-state index in [-0.39, 0.29) is 30.4 Å². The lowest BCUT2D eigenvalue weighted by molar-refractivity contribution is -0.142. The van der Waals surface area contributed by atoms with Gasteiger partial charge < -0.3 is 15.0 Å². The molecule has 0 bridgehead atoms. The van der Waals surface area contributed by atoms with E-state index in [1.165, 1.54) is 0 Å². The first-order valence-electron chi connectivity index (χ1n) is 10.2. The van der Waals surface area contributed by atoms with Crippen LogP contribution in [0, 0.1) is 0 Å². The number of para-hydroxylation sites is 1. The van der Waals surface area contributed by atoms with Crippen LogP contribution in [-0.2, 0) is 21.5 Å². The number of amides is 2. The first kappa shape index (κ1) is 23.7. The van der Waals surface area contributed by atoms with Crippen LogP contribution in [0.25, 0.3) is 0 Å². The lowest BCUT2D eigenvalue weighted by Crippen LogP contribution is -2.49. The summed E-state index contributed by atoms with van der Waals surface area (Å²) in [6, 6.07) is 14.4. The van der Waals surface area contributed by atoms with Crippen LogP contribution in [0.1, 0.15) is 45.2 Å². The molecule has 0 saturated heterocycles. The number of rotatable bonds is 8. The summed E-state index contributed by atoms with van der Waals surface area (Å²) >= 11 is 6.31. The fraction of sp³-hybridized carbons (Fsp3) is 0.417. The van der Waals surface area contributed by atoms with E-state index >= 15 is 0 Å². The maximum absolute atomic E-state index is 13.2. The summed E-state index contributed by atoms with van der Waals surface area (Å²) in [5.74, 6) is 0.186. The molecule has 0 aliphatic carbocycles. The summed E-state index contributed by atoms with van der Waals surface area (Å²) in [6.45, 7) is 8.24. The van der Waals surface area contributed by atoms with E-state index < -0.39 is 6.04 Å². The van der Waals surface area contributed by atoms with Crippen molar-refractivity contribution >= 4 is 23.4 Å². The molecule has 0 saturated carbocycles. The van der Waals surface area contributed by atoms with Gasteiger partial charge in [0.05, 0.1) is 0 Å². The minimum Gasteiger partial charge on any atom is -0.483 e. The van der Waals surface area contributed by atoms with E-state index in [1.807, 2.05) is 49.4 Å². The van der Waals surface area contributed by atoms with Crippen molar-refractivity contribution in [2.45, 2.75) is 52.1 Å². The van der Waals surface area contributed by atoms with Crippen LogP contribution in [0.4, 0.5) is 0 Å². The number of hydrogen-bond donors (Lipinski definition) is 1. The molecule has 2 aromatic carbocycles. The number of nitrogens with zero attached hydrogens (tertiary/aromatic N) is 1. The van der Waals surface area contributed by atoms with Crippen LogP contribution in [0.3, 0.4) is 0 Å². The molecule has 0 unspecified atom stereocenters. The van der Waals surface area contributed by atoms with Crippen molar-refractivity contribution in [1.29, 1.82) is 0 Å². The quantitative estimate of drug-likeness (QED) is 0.667. The molecule has 1 N–H and O–H groups in total. The summed E-state index contributed by atoms with van der Waals surface area (Å²) in [6.07, 6.45) is 0.481. The maximum Gasteiger partial charge on any atom is 0.261 e. The highest BCUT2D eigenvalue weighted by molar-refractivity contribution is 6.31. The van der Waals surface area contributed by atoms with Crippen molar-refractivity contribution in [1.82, 2.24) is 10.2 Å². The molecule has 0 radical (unpaired) electrons. The zero-order chi connectivity index (χ0) is 22.3. The van der Waals surface area contributed by atoms with Crippen molar-refractivity contribution in [3.63, 3.8) is 0 Å². The van der Waals surface area contributed by atoms with E-state index in [4.69, 9.17) is 16.3 Å². The van der Waals surface area contributed by atoms with Gasteiger partial charge in [-0.05, 0) is 35.1 Å². The van der Waals surface area contributed by atoms with Crippen LogP contribution >= 0.6 is 11.6 Å². The van der Waals surface area contributed by atoms with Crippen LogP contribution in [0.5, 0.6) is 5.75 Å². The lowest BCUT2D eigenvalue weighted by atomic mass is 9.86. The zero-order valence-electron chi connectivity index (χ0n) is 18.4. The molecular formula is C24H31ClN2O3. The Morgan fingerprint density at radius 2 is 1.73 bits per heavy atom. The van der Waals surface area contributed by atoms with Gasteiger partial charge in [-0.25, -0.2) is 0 Å². The van der Waals surface area contributed by atoms with Crippen molar-refractivity contribution in [2.75, 3.05) is 13.7 Å². The molecule has 162 valence electrons. The molecule has 0 spiro atoms. The Bertz CT molecular complexity index is 877. The minimum atomic E-state index is -0.611. The molecule has 0 aromatic heterocycles. The van der Waals surface area contributed by atoms with E-state index in [2.05, 4.69) is 26.1 Å². The number of carbonyl (C=O) groups is 2. The maximum atomic E-state index is 13.2. The highest BCUT2D eigenvalue weighted by Gasteiger charge is 2.29. The van der Waals surface area contributed by atoms with Gasteiger partial charge in [-0.15, -0.1) is 0 Å². The third-order valence-electron chi connectivity index (χ3n) is 4.98. The Kier molecular flexibility index (Phi) is 8.30. The summed E-state index contributed by atoms with van der Waals surface area (Å²) in [5, 5.41) is 3.20. The molecule has 5 nitrogen and oxygen atoms in total. The SMILES string of the molecule is CC[C@@H](C(=O)NC)N(Cc1ccccc1Cl)C(=O)COc1ccccc1C(C)(C)C. The molecule has 0 fully saturated rings. The Morgan fingerprint density at radius 3 is 2.33 bits per heavy atom. The third-order valence-corrected chi connectivity index (χ3v) is 5.35. The predicted molar refractivity (Wildman–Crippen MR) is 121 cm³/mol. The van der Waals surface area contributed by atoms with Crippen LogP contribution in [-0.4, -0.2) is 36.4 Å². The second-order valence-electron chi connectivity index (χ2n) is 8.19. The summed E-state index contributed by atoms with van der Waals surface area (Å²) in [5.41, 5.74) is 1.68. The van der Waals surface area contributed by atoms with E-state index in [0.717, 1.165) is 11.1 Å². The van der Waals surface area contributed by atoms with Crippen molar-refractivity contribution in [3.05, 3.63) is 64.7 Å². The molecule has 1 atom stereocenters.